The van der Waals surface area contributed by atoms with Crippen LogP contribution in [0.25, 0.3) is 0 Å². The molecule has 1 heterocycles. The molecule has 72 valence electrons. The van der Waals surface area contributed by atoms with Crippen molar-refractivity contribution in [3.8, 4) is 0 Å². The minimum atomic E-state index is 0.439. The van der Waals surface area contributed by atoms with E-state index < -0.39 is 0 Å². The summed E-state index contributed by atoms with van der Waals surface area (Å²) in [6, 6.07) is 0. The van der Waals surface area contributed by atoms with Crippen LogP contribution < -0.4 is 0 Å². The quantitative estimate of drug-likeness (QED) is 0.491. The molecule has 0 amide bonds. The van der Waals surface area contributed by atoms with Crippen molar-refractivity contribution in [1.29, 1.82) is 0 Å². The summed E-state index contributed by atoms with van der Waals surface area (Å²) < 4.78 is 10.9. The molecule has 0 bridgehead atoms. The zero-order chi connectivity index (χ0) is 8.65. The normalized spacial score (nSPS) is 19.8. The first-order valence-electron chi connectivity index (χ1n) is 4.69. The van der Waals surface area contributed by atoms with Gasteiger partial charge in [0.1, 0.15) is 0 Å². The minimum absolute atomic E-state index is 0.439. The van der Waals surface area contributed by atoms with Gasteiger partial charge in [0, 0.05) is 25.7 Å². The third-order valence-electron chi connectivity index (χ3n) is 2.05. The Morgan fingerprint density at radius 3 is 2.67 bits per heavy atom. The third kappa shape index (κ3) is 4.29. The van der Waals surface area contributed by atoms with Gasteiger partial charge in [-0.2, -0.15) is 0 Å². The Kier molecular flexibility index (Phi) is 5.74. The number of alkyl halides is 1. The maximum atomic E-state index is 5.65. The van der Waals surface area contributed by atoms with Crippen LogP contribution in [0.4, 0.5) is 0 Å². The summed E-state index contributed by atoms with van der Waals surface area (Å²) in [7, 11) is 0. The molecule has 0 unspecified atom stereocenters. The zero-order valence-corrected chi connectivity index (χ0v) is 8.18. The fourth-order valence-corrected chi connectivity index (χ4v) is 1.48. The van der Waals surface area contributed by atoms with E-state index in [4.69, 9.17) is 21.1 Å². The molecule has 0 N–H and O–H groups in total. The number of halogens is 1. The predicted molar refractivity (Wildman–Crippen MR) is 49.7 cm³/mol. The zero-order valence-electron chi connectivity index (χ0n) is 7.43. The second-order valence-corrected chi connectivity index (χ2v) is 3.46. The van der Waals surface area contributed by atoms with Crippen LogP contribution in [-0.4, -0.2) is 31.8 Å². The van der Waals surface area contributed by atoms with E-state index >= 15 is 0 Å². The lowest BCUT2D eigenvalue weighted by molar-refractivity contribution is -0.0323. The summed E-state index contributed by atoms with van der Waals surface area (Å²) in [5.74, 6) is 0.747. The van der Waals surface area contributed by atoms with Gasteiger partial charge in [-0.1, -0.05) is 0 Å². The Morgan fingerprint density at radius 1 is 1.25 bits per heavy atom. The number of rotatable bonds is 5. The number of hydrogen-bond donors (Lipinski definition) is 0. The van der Waals surface area contributed by atoms with Crippen LogP contribution in [0, 0.1) is 0 Å². The maximum absolute atomic E-state index is 5.65. The van der Waals surface area contributed by atoms with Gasteiger partial charge in [0.05, 0.1) is 6.10 Å². The molecule has 3 heteroatoms. The highest BCUT2D eigenvalue weighted by atomic mass is 35.5. The summed E-state index contributed by atoms with van der Waals surface area (Å²) >= 11 is 5.55. The van der Waals surface area contributed by atoms with Crippen LogP contribution in [-0.2, 0) is 9.47 Å². The van der Waals surface area contributed by atoms with Crippen molar-refractivity contribution >= 4 is 11.6 Å². The molecule has 1 aliphatic rings. The van der Waals surface area contributed by atoms with Crippen LogP contribution >= 0.6 is 11.6 Å². The molecule has 1 rings (SSSR count). The minimum Gasteiger partial charge on any atom is -0.381 e. The van der Waals surface area contributed by atoms with E-state index in [0.717, 1.165) is 51.4 Å². The second-order valence-electron chi connectivity index (χ2n) is 3.08. The highest BCUT2D eigenvalue weighted by Gasteiger charge is 2.13. The Hall–Kier alpha value is 0.210. The van der Waals surface area contributed by atoms with Crippen LogP contribution in [0.5, 0.6) is 0 Å². The van der Waals surface area contributed by atoms with Crippen LogP contribution in [0.3, 0.4) is 0 Å². The summed E-state index contributed by atoms with van der Waals surface area (Å²) in [4.78, 5) is 0. The lowest BCUT2D eigenvalue weighted by Crippen LogP contribution is -2.23. The topological polar surface area (TPSA) is 18.5 Å². The largest absolute Gasteiger partial charge is 0.381 e. The van der Waals surface area contributed by atoms with Crippen molar-refractivity contribution < 1.29 is 9.47 Å². The van der Waals surface area contributed by atoms with Gasteiger partial charge in [-0.15, -0.1) is 11.6 Å². The standard InChI is InChI=1S/C9H17ClO2/c10-5-1-2-6-12-9-3-7-11-8-4-9/h9H,1-8H2. The Balaban J connectivity index is 1.91. The van der Waals surface area contributed by atoms with E-state index in [1.165, 1.54) is 0 Å². The number of hydrogen-bond acceptors (Lipinski definition) is 2. The lowest BCUT2D eigenvalue weighted by Gasteiger charge is -2.22. The molecular weight excluding hydrogens is 176 g/mol. The molecule has 0 spiro atoms. The highest BCUT2D eigenvalue weighted by Crippen LogP contribution is 2.10. The Morgan fingerprint density at radius 2 is 2.00 bits per heavy atom. The highest BCUT2D eigenvalue weighted by molar-refractivity contribution is 6.17. The fourth-order valence-electron chi connectivity index (χ4n) is 1.29. The molecular formula is C9H17ClO2. The van der Waals surface area contributed by atoms with Gasteiger partial charge in [-0.3, -0.25) is 0 Å². The van der Waals surface area contributed by atoms with E-state index in [-0.39, 0.29) is 0 Å². The molecule has 1 aliphatic heterocycles. The molecule has 2 nitrogen and oxygen atoms in total. The number of unbranched alkanes of at least 4 members (excludes halogenated alkanes) is 1. The fraction of sp³-hybridized carbons (Fsp3) is 1.00. The van der Waals surface area contributed by atoms with Gasteiger partial charge >= 0.3 is 0 Å². The van der Waals surface area contributed by atoms with Crippen molar-refractivity contribution in [2.45, 2.75) is 31.8 Å². The molecule has 0 atom stereocenters. The summed E-state index contributed by atoms with van der Waals surface area (Å²) in [6.07, 6.45) is 4.70. The Labute approximate surface area is 79.2 Å². The molecule has 0 aromatic carbocycles. The maximum Gasteiger partial charge on any atom is 0.0619 e. The first-order valence-corrected chi connectivity index (χ1v) is 5.22. The summed E-state index contributed by atoms with van der Waals surface area (Å²) in [6.45, 7) is 2.58. The van der Waals surface area contributed by atoms with Gasteiger partial charge < -0.3 is 9.47 Å². The van der Waals surface area contributed by atoms with Crippen molar-refractivity contribution in [3.63, 3.8) is 0 Å². The summed E-state index contributed by atoms with van der Waals surface area (Å²) in [5.41, 5.74) is 0. The SMILES string of the molecule is ClCCCCOC1CCOCC1. The third-order valence-corrected chi connectivity index (χ3v) is 2.32. The second kappa shape index (κ2) is 6.70. The molecule has 1 saturated heterocycles. The van der Waals surface area contributed by atoms with Gasteiger partial charge in [-0.05, 0) is 25.7 Å². The average molecular weight is 193 g/mol. The van der Waals surface area contributed by atoms with Gasteiger partial charge in [0.2, 0.25) is 0 Å². The average Bonchev–Trinajstić information content (AvgIpc) is 2.14. The van der Waals surface area contributed by atoms with Crippen molar-refractivity contribution in [2.24, 2.45) is 0 Å². The molecule has 0 aliphatic carbocycles. The van der Waals surface area contributed by atoms with E-state index in [1.54, 1.807) is 0 Å². The van der Waals surface area contributed by atoms with E-state index in [1.807, 2.05) is 0 Å². The molecule has 0 aromatic rings. The van der Waals surface area contributed by atoms with Gasteiger partial charge in [-0.25, -0.2) is 0 Å². The van der Waals surface area contributed by atoms with Gasteiger partial charge in [0.15, 0.2) is 0 Å². The van der Waals surface area contributed by atoms with Crippen LogP contribution in [0.2, 0.25) is 0 Å². The molecule has 1 fully saturated rings. The van der Waals surface area contributed by atoms with Gasteiger partial charge in [0.25, 0.3) is 0 Å². The van der Waals surface area contributed by atoms with E-state index in [2.05, 4.69) is 0 Å². The number of ether oxygens (including phenoxy) is 2. The van der Waals surface area contributed by atoms with Crippen molar-refractivity contribution in [1.82, 2.24) is 0 Å². The molecule has 0 aromatic heterocycles. The Bertz CT molecular complexity index is 103. The molecule has 0 saturated carbocycles. The first kappa shape index (κ1) is 10.3. The monoisotopic (exact) mass is 192 g/mol. The molecule has 12 heavy (non-hydrogen) atoms. The van der Waals surface area contributed by atoms with E-state index in [0.29, 0.717) is 6.10 Å². The van der Waals surface area contributed by atoms with Crippen LogP contribution in [0.15, 0.2) is 0 Å². The van der Waals surface area contributed by atoms with Crippen molar-refractivity contribution in [2.75, 3.05) is 25.7 Å². The van der Waals surface area contributed by atoms with Crippen LogP contribution in [0.1, 0.15) is 25.7 Å². The van der Waals surface area contributed by atoms with Crippen molar-refractivity contribution in [3.05, 3.63) is 0 Å². The smallest absolute Gasteiger partial charge is 0.0619 e. The molecule has 0 radical (unpaired) electrons. The lowest BCUT2D eigenvalue weighted by atomic mass is 10.1. The predicted octanol–water partition coefficient (Wildman–Crippen LogP) is 2.20. The van der Waals surface area contributed by atoms with E-state index in [9.17, 15) is 0 Å². The summed E-state index contributed by atoms with van der Waals surface area (Å²) in [5, 5.41) is 0. The first-order chi connectivity index (χ1) is 5.93.